The Bertz CT molecular complexity index is 845. The van der Waals surface area contributed by atoms with Crippen molar-refractivity contribution in [3.63, 3.8) is 0 Å². The number of halogens is 1. The van der Waals surface area contributed by atoms with E-state index in [0.29, 0.717) is 16.1 Å². The molecule has 0 bridgehead atoms. The van der Waals surface area contributed by atoms with Gasteiger partial charge >= 0.3 is 10.8 Å². The van der Waals surface area contributed by atoms with Gasteiger partial charge in [-0.3, -0.25) is 9.36 Å². The zero-order valence-electron chi connectivity index (χ0n) is 10.00. The zero-order chi connectivity index (χ0) is 14.3. The number of carbonyl (C=O) groups is 1. The first-order chi connectivity index (χ1) is 9.54. The number of thiophene rings is 1. The molecule has 4 nitrogen and oxygen atoms in total. The number of rotatable bonds is 3. The van der Waals surface area contributed by atoms with E-state index in [1.54, 1.807) is 12.1 Å². The van der Waals surface area contributed by atoms with Crippen molar-refractivity contribution in [1.29, 1.82) is 0 Å². The third-order valence-corrected chi connectivity index (χ3v) is 5.01. The third-order valence-electron chi connectivity index (χ3n) is 2.81. The van der Waals surface area contributed by atoms with Gasteiger partial charge in [-0.05, 0) is 23.8 Å². The van der Waals surface area contributed by atoms with Gasteiger partial charge in [0.15, 0.2) is 0 Å². The van der Waals surface area contributed by atoms with Gasteiger partial charge in [0, 0.05) is 0 Å². The minimum absolute atomic E-state index is 0.146. The highest BCUT2D eigenvalue weighted by Crippen LogP contribution is 2.28. The zero-order valence-corrected chi connectivity index (χ0v) is 11.6. The number of benzene rings is 1. The smallest absolute Gasteiger partial charge is 0.345 e. The Morgan fingerprint density at radius 3 is 2.60 bits per heavy atom. The van der Waals surface area contributed by atoms with Gasteiger partial charge in [0.05, 0.1) is 11.2 Å². The summed E-state index contributed by atoms with van der Waals surface area (Å²) in [5.74, 6) is -1.33. The number of carboxylic acids is 1. The first-order valence-electron chi connectivity index (χ1n) is 5.65. The van der Waals surface area contributed by atoms with Crippen LogP contribution in [0.5, 0.6) is 0 Å². The molecule has 0 atom stereocenters. The molecule has 102 valence electrons. The standard InChI is InChI=1S/C13H8FNO3S2/c14-8-3-1-7(2-4-8)6-15-11-9(20-13(15)18)5-10(19-11)12(16)17/h1-5H,6H2,(H,16,17). The molecule has 1 aromatic carbocycles. The molecule has 0 radical (unpaired) electrons. The predicted molar refractivity (Wildman–Crippen MR) is 76.4 cm³/mol. The van der Waals surface area contributed by atoms with E-state index in [1.165, 1.54) is 22.8 Å². The summed E-state index contributed by atoms with van der Waals surface area (Å²) in [6.07, 6.45) is 0. The fraction of sp³-hybridized carbons (Fsp3) is 0.0769. The molecule has 0 aliphatic carbocycles. The van der Waals surface area contributed by atoms with Crippen molar-refractivity contribution in [2.24, 2.45) is 0 Å². The van der Waals surface area contributed by atoms with Crippen LogP contribution in [0.15, 0.2) is 35.1 Å². The number of nitrogens with zero attached hydrogens (tertiary/aromatic N) is 1. The van der Waals surface area contributed by atoms with E-state index in [9.17, 15) is 14.0 Å². The lowest BCUT2D eigenvalue weighted by Gasteiger charge is -2.02. The maximum absolute atomic E-state index is 12.9. The molecule has 2 aromatic heterocycles. The van der Waals surface area contributed by atoms with E-state index in [0.717, 1.165) is 28.2 Å². The van der Waals surface area contributed by atoms with Crippen molar-refractivity contribution in [3.05, 3.63) is 56.3 Å². The fourth-order valence-electron chi connectivity index (χ4n) is 1.87. The lowest BCUT2D eigenvalue weighted by molar-refractivity contribution is 0.0702. The molecule has 3 rings (SSSR count). The van der Waals surface area contributed by atoms with Crippen LogP contribution in [0, 0.1) is 5.82 Å². The van der Waals surface area contributed by atoms with Gasteiger partial charge in [0.1, 0.15) is 15.5 Å². The van der Waals surface area contributed by atoms with Crippen molar-refractivity contribution in [2.45, 2.75) is 6.54 Å². The van der Waals surface area contributed by atoms with Crippen LogP contribution < -0.4 is 4.87 Å². The summed E-state index contributed by atoms with van der Waals surface area (Å²) >= 11 is 2.09. The molecule has 0 fully saturated rings. The summed E-state index contributed by atoms with van der Waals surface area (Å²) in [4.78, 5) is 23.6. The molecule has 0 saturated carbocycles. The number of aromatic carboxylic acids is 1. The van der Waals surface area contributed by atoms with Crippen LogP contribution in [0.1, 0.15) is 15.2 Å². The van der Waals surface area contributed by atoms with Crippen molar-refractivity contribution in [3.8, 4) is 0 Å². The number of hydrogen-bond donors (Lipinski definition) is 1. The highest BCUT2D eigenvalue weighted by molar-refractivity contribution is 7.27. The van der Waals surface area contributed by atoms with Gasteiger partial charge in [-0.1, -0.05) is 23.5 Å². The average molecular weight is 309 g/mol. The minimum Gasteiger partial charge on any atom is -0.477 e. The number of thiazole rings is 1. The quantitative estimate of drug-likeness (QED) is 0.809. The average Bonchev–Trinajstić information content (AvgIpc) is 2.92. The summed E-state index contributed by atoms with van der Waals surface area (Å²) in [6.45, 7) is 0.304. The molecule has 20 heavy (non-hydrogen) atoms. The molecule has 0 aliphatic heterocycles. The molecule has 2 heterocycles. The number of aromatic nitrogens is 1. The first-order valence-corrected chi connectivity index (χ1v) is 7.29. The molecule has 0 amide bonds. The molecule has 0 spiro atoms. The minimum atomic E-state index is -1.00. The molecule has 7 heteroatoms. The highest BCUT2D eigenvalue weighted by Gasteiger charge is 2.15. The summed E-state index contributed by atoms with van der Waals surface area (Å²) in [5.41, 5.74) is 0.790. The fourth-order valence-corrected chi connectivity index (χ4v) is 3.97. The van der Waals surface area contributed by atoms with E-state index >= 15 is 0 Å². The van der Waals surface area contributed by atoms with E-state index < -0.39 is 5.97 Å². The lowest BCUT2D eigenvalue weighted by atomic mass is 10.2. The maximum Gasteiger partial charge on any atom is 0.345 e. The Hall–Kier alpha value is -1.99. The second-order valence-corrected chi connectivity index (χ2v) is 6.19. The van der Waals surface area contributed by atoms with Crippen LogP contribution in [-0.2, 0) is 6.54 Å². The number of fused-ring (bicyclic) bond motifs is 1. The van der Waals surface area contributed by atoms with E-state index in [4.69, 9.17) is 5.11 Å². The molecule has 3 aromatic rings. The molecular weight excluding hydrogens is 301 g/mol. The van der Waals surface area contributed by atoms with Gasteiger partial charge in [-0.2, -0.15) is 0 Å². The van der Waals surface area contributed by atoms with Gasteiger partial charge in [0.2, 0.25) is 0 Å². The SMILES string of the molecule is O=C(O)c1cc2sc(=O)n(Cc3ccc(F)cc3)c2s1. The first kappa shape index (κ1) is 13.0. The monoisotopic (exact) mass is 309 g/mol. The van der Waals surface area contributed by atoms with E-state index in [2.05, 4.69) is 0 Å². The van der Waals surface area contributed by atoms with E-state index in [-0.39, 0.29) is 15.6 Å². The van der Waals surface area contributed by atoms with Crippen LogP contribution >= 0.6 is 22.7 Å². The Morgan fingerprint density at radius 2 is 1.95 bits per heavy atom. The van der Waals surface area contributed by atoms with Gasteiger partial charge in [-0.15, -0.1) is 11.3 Å². The summed E-state index contributed by atoms with van der Waals surface area (Å²) in [7, 11) is 0. The Balaban J connectivity index is 2.05. The van der Waals surface area contributed by atoms with Crippen molar-refractivity contribution in [1.82, 2.24) is 4.57 Å². The number of hydrogen-bond acceptors (Lipinski definition) is 4. The highest BCUT2D eigenvalue weighted by atomic mass is 32.1. The molecule has 0 unspecified atom stereocenters. The Labute approximate surface area is 120 Å². The third kappa shape index (κ3) is 2.25. The van der Waals surface area contributed by atoms with Crippen molar-refractivity contribution in [2.75, 3.05) is 0 Å². The van der Waals surface area contributed by atoms with Crippen LogP contribution in [0.2, 0.25) is 0 Å². The van der Waals surface area contributed by atoms with Crippen LogP contribution in [0.4, 0.5) is 4.39 Å². The maximum atomic E-state index is 12.9. The van der Waals surface area contributed by atoms with Gasteiger partial charge in [-0.25, -0.2) is 9.18 Å². The van der Waals surface area contributed by atoms with E-state index in [1.807, 2.05) is 0 Å². The summed E-state index contributed by atoms with van der Waals surface area (Å²) in [5, 5.41) is 8.97. The van der Waals surface area contributed by atoms with Crippen LogP contribution in [0.25, 0.3) is 9.53 Å². The lowest BCUT2D eigenvalue weighted by Crippen LogP contribution is -2.13. The normalized spacial score (nSPS) is 11.1. The largest absolute Gasteiger partial charge is 0.477 e. The van der Waals surface area contributed by atoms with Crippen LogP contribution in [0.3, 0.4) is 0 Å². The second-order valence-electron chi connectivity index (χ2n) is 4.17. The van der Waals surface area contributed by atoms with Gasteiger partial charge in [0.25, 0.3) is 0 Å². The van der Waals surface area contributed by atoms with Crippen LogP contribution in [-0.4, -0.2) is 15.6 Å². The topological polar surface area (TPSA) is 59.3 Å². The second kappa shape index (κ2) is 4.84. The number of carboxylic acid groups (broad SMARTS) is 1. The molecule has 0 saturated heterocycles. The predicted octanol–water partition coefficient (Wildman–Crippen LogP) is 3.01. The summed E-state index contributed by atoms with van der Waals surface area (Å²) in [6, 6.07) is 7.39. The Morgan fingerprint density at radius 1 is 1.25 bits per heavy atom. The van der Waals surface area contributed by atoms with Crippen molar-refractivity contribution >= 4 is 38.2 Å². The summed E-state index contributed by atoms with van der Waals surface area (Å²) < 4.78 is 15.0. The Kier molecular flexibility index (Phi) is 3.15. The van der Waals surface area contributed by atoms with Gasteiger partial charge < -0.3 is 5.11 Å². The van der Waals surface area contributed by atoms with Crippen molar-refractivity contribution < 1.29 is 14.3 Å². The molecule has 1 N–H and O–H groups in total. The molecular formula is C13H8FNO3S2. The molecule has 0 aliphatic rings.